The monoisotopic (exact) mass is 350 g/mol. The summed E-state index contributed by atoms with van der Waals surface area (Å²) < 4.78 is 8.54. The van der Waals surface area contributed by atoms with Gasteiger partial charge >= 0.3 is 0 Å². The number of nitro benzene ring substituents is 1. The van der Waals surface area contributed by atoms with E-state index in [1.807, 2.05) is 6.07 Å². The number of hydrogen-bond donors (Lipinski definition) is 0. The van der Waals surface area contributed by atoms with E-state index in [0.717, 1.165) is 6.42 Å². The van der Waals surface area contributed by atoms with Crippen LogP contribution in [0.2, 0.25) is 18.6 Å². The van der Waals surface area contributed by atoms with Crippen molar-refractivity contribution in [2.75, 3.05) is 19.7 Å². The lowest BCUT2D eigenvalue weighted by molar-refractivity contribution is -0.385. The zero-order chi connectivity index (χ0) is 17.6. The van der Waals surface area contributed by atoms with Gasteiger partial charge in [-0.2, -0.15) is 0 Å². The first-order valence-electron chi connectivity index (χ1n) is 9.02. The third-order valence-corrected chi connectivity index (χ3v) is 10.2. The Morgan fingerprint density at radius 3 is 2.58 bits per heavy atom. The molecule has 0 radical (unpaired) electrons. The highest BCUT2D eigenvalue weighted by Crippen LogP contribution is 2.34. The smallest absolute Gasteiger partial charge is 0.274 e. The molecule has 0 saturated carbocycles. The molecule has 1 saturated heterocycles. The molecule has 0 spiro atoms. The van der Waals surface area contributed by atoms with E-state index >= 15 is 0 Å². The molecule has 24 heavy (non-hydrogen) atoms. The van der Waals surface area contributed by atoms with Crippen molar-refractivity contribution in [3.8, 4) is 0 Å². The maximum atomic E-state index is 11.0. The summed E-state index contributed by atoms with van der Waals surface area (Å²) >= 11 is 0. The molecular weight excluding hydrogens is 320 g/mol. The molecule has 6 heteroatoms. The van der Waals surface area contributed by atoms with Crippen molar-refractivity contribution in [3.63, 3.8) is 0 Å². The third kappa shape index (κ3) is 4.65. The van der Waals surface area contributed by atoms with Gasteiger partial charge in [-0.15, -0.1) is 0 Å². The van der Waals surface area contributed by atoms with Crippen LogP contribution in [0.4, 0.5) is 5.69 Å². The van der Waals surface area contributed by atoms with Gasteiger partial charge in [0.15, 0.2) is 0 Å². The van der Waals surface area contributed by atoms with Gasteiger partial charge in [0.2, 0.25) is 0 Å². The molecule has 1 aliphatic heterocycles. The molecule has 0 amide bonds. The van der Waals surface area contributed by atoms with E-state index in [9.17, 15) is 10.1 Å². The Balaban J connectivity index is 1.85. The summed E-state index contributed by atoms with van der Waals surface area (Å²) in [5.74, 6) is 0. The topological polar surface area (TPSA) is 55.6 Å². The van der Waals surface area contributed by atoms with E-state index in [-0.39, 0.29) is 10.6 Å². The molecule has 1 aromatic rings. The number of benzene rings is 1. The second kappa shape index (κ2) is 8.74. The average Bonchev–Trinajstić information content (AvgIpc) is 3.10. The number of para-hydroxylation sites is 1. The average molecular weight is 351 g/mol. The van der Waals surface area contributed by atoms with Gasteiger partial charge in [0.25, 0.3) is 5.69 Å². The summed E-state index contributed by atoms with van der Waals surface area (Å²) in [6.45, 7) is 10.7. The number of rotatable bonds is 9. The zero-order valence-electron chi connectivity index (χ0n) is 15.2. The van der Waals surface area contributed by atoms with Gasteiger partial charge in [0, 0.05) is 12.7 Å². The normalized spacial score (nSPS) is 17.1. The van der Waals surface area contributed by atoms with E-state index in [1.165, 1.54) is 38.4 Å². The molecule has 5 nitrogen and oxygen atoms in total. The first-order valence-corrected chi connectivity index (χ1v) is 12.0. The number of ether oxygens (including phenoxy) is 1. The molecule has 1 unspecified atom stereocenters. The van der Waals surface area contributed by atoms with Crippen molar-refractivity contribution >= 4 is 13.9 Å². The van der Waals surface area contributed by atoms with E-state index in [4.69, 9.17) is 4.74 Å². The highest BCUT2D eigenvalue weighted by molar-refractivity contribution is 6.76. The molecule has 0 aliphatic carbocycles. The van der Waals surface area contributed by atoms with Crippen molar-refractivity contribution in [3.05, 3.63) is 39.9 Å². The lowest BCUT2D eigenvalue weighted by atomic mass is 10.2. The maximum absolute atomic E-state index is 11.0. The highest BCUT2D eigenvalue weighted by Gasteiger charge is 2.37. The second-order valence-corrected chi connectivity index (χ2v) is 11.9. The number of hydrogen-bond acceptors (Lipinski definition) is 4. The van der Waals surface area contributed by atoms with Gasteiger partial charge in [-0.3, -0.25) is 10.1 Å². The van der Waals surface area contributed by atoms with Crippen molar-refractivity contribution < 1.29 is 9.66 Å². The Labute approximate surface area is 146 Å². The van der Waals surface area contributed by atoms with Crippen LogP contribution in [0.3, 0.4) is 0 Å². The van der Waals surface area contributed by atoms with Crippen LogP contribution in [-0.4, -0.2) is 37.4 Å². The predicted molar refractivity (Wildman–Crippen MR) is 99.7 cm³/mol. The quantitative estimate of drug-likeness (QED) is 0.283. The predicted octanol–water partition coefficient (Wildman–Crippen LogP) is 4.58. The van der Waals surface area contributed by atoms with Crippen molar-refractivity contribution in [1.29, 1.82) is 0 Å². The van der Waals surface area contributed by atoms with E-state index in [2.05, 4.69) is 24.6 Å². The van der Waals surface area contributed by atoms with Gasteiger partial charge in [0.05, 0.1) is 17.1 Å². The molecule has 1 fully saturated rings. The Morgan fingerprint density at radius 1 is 1.29 bits per heavy atom. The van der Waals surface area contributed by atoms with E-state index in [0.29, 0.717) is 24.3 Å². The van der Waals surface area contributed by atoms with Crippen molar-refractivity contribution in [1.82, 2.24) is 4.57 Å². The molecule has 1 aromatic carbocycles. The second-order valence-electron chi connectivity index (χ2n) is 7.18. The highest BCUT2D eigenvalue weighted by atomic mass is 28.3. The van der Waals surface area contributed by atoms with Gasteiger partial charge in [-0.1, -0.05) is 38.6 Å². The number of nitrogens with zero attached hydrogens (tertiary/aromatic N) is 2. The Hall–Kier alpha value is -1.24. The molecule has 0 aromatic heterocycles. The number of nitro groups is 1. The van der Waals surface area contributed by atoms with Crippen LogP contribution in [0.25, 0.3) is 0 Å². The van der Waals surface area contributed by atoms with Crippen LogP contribution in [0, 0.1) is 10.1 Å². The first kappa shape index (κ1) is 19.1. The summed E-state index contributed by atoms with van der Waals surface area (Å²) in [5, 5.41) is 11.0. The summed E-state index contributed by atoms with van der Waals surface area (Å²) in [4.78, 5) is 10.7. The van der Waals surface area contributed by atoms with Crippen LogP contribution in [0.15, 0.2) is 24.3 Å². The van der Waals surface area contributed by atoms with Gasteiger partial charge in [-0.25, -0.2) is 0 Å². The fraction of sp³-hybridized carbons (Fsp3) is 0.667. The minimum absolute atomic E-state index is 0.149. The Kier molecular flexibility index (Phi) is 6.95. The lowest BCUT2D eigenvalue weighted by Crippen LogP contribution is -2.50. The molecule has 0 N–H and O–H groups in total. The fourth-order valence-corrected chi connectivity index (χ4v) is 7.64. The van der Waals surface area contributed by atoms with Crippen molar-refractivity contribution in [2.45, 2.75) is 57.8 Å². The van der Waals surface area contributed by atoms with Crippen LogP contribution in [0.5, 0.6) is 0 Å². The summed E-state index contributed by atoms with van der Waals surface area (Å²) in [5.41, 5.74) is 1.52. The van der Waals surface area contributed by atoms with E-state index < -0.39 is 8.24 Å². The molecule has 1 atom stereocenters. The summed E-state index contributed by atoms with van der Waals surface area (Å²) in [6.07, 6.45) is 4.90. The SMILES string of the molecule is CCC(CCOCc1ccccc1[N+](=O)[O-])[Si](C)(C)N1CCCC1. The van der Waals surface area contributed by atoms with E-state index in [1.54, 1.807) is 12.1 Å². The molecule has 134 valence electrons. The summed E-state index contributed by atoms with van der Waals surface area (Å²) in [6, 6.07) is 6.83. The molecule has 0 bridgehead atoms. The Bertz CT molecular complexity index is 545. The van der Waals surface area contributed by atoms with Crippen LogP contribution >= 0.6 is 0 Å². The molecule has 2 rings (SSSR count). The van der Waals surface area contributed by atoms with Crippen molar-refractivity contribution in [2.24, 2.45) is 0 Å². The minimum atomic E-state index is -1.41. The summed E-state index contributed by atoms with van der Waals surface area (Å²) in [7, 11) is -1.41. The first-order chi connectivity index (χ1) is 11.5. The van der Waals surface area contributed by atoms with Crippen LogP contribution < -0.4 is 0 Å². The van der Waals surface area contributed by atoms with Gasteiger partial charge in [-0.05, 0) is 44.0 Å². The van der Waals surface area contributed by atoms with Crippen LogP contribution in [0.1, 0.15) is 38.2 Å². The maximum Gasteiger partial charge on any atom is 0.274 e. The lowest BCUT2D eigenvalue weighted by Gasteiger charge is -2.40. The van der Waals surface area contributed by atoms with Crippen LogP contribution in [-0.2, 0) is 11.3 Å². The zero-order valence-corrected chi connectivity index (χ0v) is 16.2. The fourth-order valence-electron chi connectivity index (χ4n) is 3.83. The Morgan fingerprint density at radius 2 is 1.96 bits per heavy atom. The molecule has 1 aliphatic rings. The standard InChI is InChI=1S/C18H30N2O3Si/c1-4-17(24(2,3)19-12-7-8-13-19)11-14-23-15-16-9-5-6-10-18(16)20(21)22/h5-6,9-10,17H,4,7-8,11-15H2,1-3H3. The molecular formula is C18H30N2O3Si. The van der Waals surface area contributed by atoms with Gasteiger partial charge < -0.3 is 9.30 Å². The molecule has 1 heterocycles. The third-order valence-electron chi connectivity index (χ3n) is 5.47. The minimum Gasteiger partial charge on any atom is -0.377 e. The largest absolute Gasteiger partial charge is 0.377 e. The van der Waals surface area contributed by atoms with Gasteiger partial charge in [0.1, 0.15) is 8.24 Å².